The average molecular weight is 356 g/mol. The molecule has 1 fully saturated rings. The first-order valence-corrected chi connectivity index (χ1v) is 7.89. The van der Waals surface area contributed by atoms with Gasteiger partial charge in [0.05, 0.1) is 4.92 Å². The van der Waals surface area contributed by atoms with E-state index in [0.29, 0.717) is 29.0 Å². The molecule has 3 rings (SSSR count). The molecule has 7 nitrogen and oxygen atoms in total. The zero-order valence-corrected chi connectivity index (χ0v) is 13.7. The van der Waals surface area contributed by atoms with Gasteiger partial charge in [-0.05, 0) is 17.7 Å². The number of nitro groups is 1. The highest BCUT2D eigenvalue weighted by Gasteiger charge is 2.25. The molecule has 0 amide bonds. The molecule has 2 heterocycles. The highest BCUT2D eigenvalue weighted by Crippen LogP contribution is 2.27. The molecule has 0 spiro atoms. The van der Waals surface area contributed by atoms with Crippen LogP contribution in [0.15, 0.2) is 24.4 Å². The molecule has 1 aromatic heterocycles. The molecule has 122 valence electrons. The van der Waals surface area contributed by atoms with Gasteiger partial charge in [-0.15, -0.1) is 0 Å². The molecule has 1 aliphatic rings. The quantitative estimate of drug-likeness (QED) is 0.673. The van der Waals surface area contributed by atoms with Crippen molar-refractivity contribution in [3.05, 3.63) is 50.1 Å². The van der Waals surface area contributed by atoms with Crippen molar-refractivity contribution >= 4 is 34.7 Å². The summed E-state index contributed by atoms with van der Waals surface area (Å²) < 4.78 is 0. The largest absolute Gasteiger partial charge is 0.349 e. The Morgan fingerprint density at radius 3 is 2.65 bits per heavy atom. The standard InChI is InChI=1S/C14H15Cl2N5O2/c15-11-2-1-10(12(16)7-11)9-19-3-5-20(6-4-19)14-13(21(22)23)8-17-18-14/h1-2,7-8H,3-6,9H2,(H,17,18). The third-order valence-electron chi connectivity index (χ3n) is 3.89. The Balaban J connectivity index is 1.62. The second-order valence-corrected chi connectivity index (χ2v) is 6.20. The second kappa shape index (κ2) is 6.74. The molecule has 0 atom stereocenters. The number of hydrogen-bond acceptors (Lipinski definition) is 5. The maximum Gasteiger partial charge on any atom is 0.330 e. The molecule has 0 bridgehead atoms. The van der Waals surface area contributed by atoms with Crippen molar-refractivity contribution < 1.29 is 4.92 Å². The first-order valence-electron chi connectivity index (χ1n) is 7.13. The lowest BCUT2D eigenvalue weighted by molar-refractivity contribution is -0.384. The number of H-pyrrole nitrogens is 1. The Morgan fingerprint density at radius 1 is 1.26 bits per heavy atom. The van der Waals surface area contributed by atoms with Crippen LogP contribution in [0.4, 0.5) is 11.5 Å². The van der Waals surface area contributed by atoms with Crippen LogP contribution in [0.2, 0.25) is 10.0 Å². The summed E-state index contributed by atoms with van der Waals surface area (Å²) in [6.07, 6.45) is 1.25. The van der Waals surface area contributed by atoms with Gasteiger partial charge in [0.2, 0.25) is 5.82 Å². The van der Waals surface area contributed by atoms with Crippen molar-refractivity contribution in [1.29, 1.82) is 0 Å². The van der Waals surface area contributed by atoms with Crippen molar-refractivity contribution in [2.45, 2.75) is 6.54 Å². The third kappa shape index (κ3) is 3.57. The van der Waals surface area contributed by atoms with E-state index in [1.165, 1.54) is 6.20 Å². The second-order valence-electron chi connectivity index (χ2n) is 5.36. The fourth-order valence-electron chi connectivity index (χ4n) is 2.66. The van der Waals surface area contributed by atoms with E-state index in [2.05, 4.69) is 15.1 Å². The number of aromatic nitrogens is 2. The lowest BCUT2D eigenvalue weighted by Gasteiger charge is -2.34. The van der Waals surface area contributed by atoms with Gasteiger partial charge in [0.1, 0.15) is 6.20 Å². The summed E-state index contributed by atoms with van der Waals surface area (Å²) in [6.45, 7) is 3.68. The van der Waals surface area contributed by atoms with Crippen molar-refractivity contribution in [3.8, 4) is 0 Å². The molecule has 0 unspecified atom stereocenters. The molecule has 23 heavy (non-hydrogen) atoms. The van der Waals surface area contributed by atoms with E-state index >= 15 is 0 Å². The number of nitrogens with zero attached hydrogens (tertiary/aromatic N) is 4. The van der Waals surface area contributed by atoms with Gasteiger partial charge in [0, 0.05) is 42.8 Å². The predicted octanol–water partition coefficient (Wildman–Crippen LogP) is 2.95. The van der Waals surface area contributed by atoms with Gasteiger partial charge in [-0.3, -0.25) is 20.1 Å². The molecule has 9 heteroatoms. The highest BCUT2D eigenvalue weighted by molar-refractivity contribution is 6.35. The van der Waals surface area contributed by atoms with Gasteiger partial charge in [0.25, 0.3) is 0 Å². The van der Waals surface area contributed by atoms with E-state index in [1.54, 1.807) is 6.07 Å². The topological polar surface area (TPSA) is 78.3 Å². The molecule has 1 aromatic carbocycles. The highest BCUT2D eigenvalue weighted by atomic mass is 35.5. The number of anilines is 1. The Morgan fingerprint density at radius 2 is 2.00 bits per heavy atom. The Hall–Kier alpha value is -1.83. The number of benzene rings is 1. The number of rotatable bonds is 4. The fourth-order valence-corrected chi connectivity index (χ4v) is 3.13. The molecular weight excluding hydrogens is 341 g/mol. The van der Waals surface area contributed by atoms with Crippen molar-refractivity contribution in [2.75, 3.05) is 31.1 Å². The number of hydrogen-bond donors (Lipinski definition) is 1. The third-order valence-corrected chi connectivity index (χ3v) is 4.48. The Bertz CT molecular complexity index is 713. The average Bonchev–Trinajstić information content (AvgIpc) is 3.00. The van der Waals surface area contributed by atoms with E-state index in [9.17, 15) is 10.1 Å². The van der Waals surface area contributed by atoms with Gasteiger partial charge >= 0.3 is 5.69 Å². The van der Waals surface area contributed by atoms with Gasteiger partial charge < -0.3 is 4.90 Å². The maximum atomic E-state index is 11.0. The van der Waals surface area contributed by atoms with Gasteiger partial charge in [-0.1, -0.05) is 29.3 Å². The Labute approximate surface area is 142 Å². The van der Waals surface area contributed by atoms with E-state index in [4.69, 9.17) is 23.2 Å². The summed E-state index contributed by atoms with van der Waals surface area (Å²) >= 11 is 12.1. The zero-order valence-electron chi connectivity index (χ0n) is 12.2. The van der Waals surface area contributed by atoms with Crippen molar-refractivity contribution in [2.24, 2.45) is 0 Å². The molecule has 0 radical (unpaired) electrons. The summed E-state index contributed by atoms with van der Waals surface area (Å²) in [4.78, 5) is 14.8. The predicted molar refractivity (Wildman–Crippen MR) is 89.2 cm³/mol. The monoisotopic (exact) mass is 355 g/mol. The van der Waals surface area contributed by atoms with Crippen LogP contribution in [0, 0.1) is 10.1 Å². The molecule has 0 aliphatic carbocycles. The number of nitrogens with one attached hydrogen (secondary N) is 1. The van der Waals surface area contributed by atoms with Crippen LogP contribution in [-0.2, 0) is 6.54 Å². The molecule has 1 N–H and O–H groups in total. The first-order chi connectivity index (χ1) is 11.0. The van der Waals surface area contributed by atoms with E-state index < -0.39 is 4.92 Å². The molecule has 1 saturated heterocycles. The van der Waals surface area contributed by atoms with Crippen molar-refractivity contribution in [3.63, 3.8) is 0 Å². The molecular formula is C14H15Cl2N5O2. The molecule has 1 aliphatic heterocycles. The zero-order chi connectivity index (χ0) is 16.4. The minimum absolute atomic E-state index is 0.0131. The van der Waals surface area contributed by atoms with Crippen LogP contribution < -0.4 is 4.90 Å². The smallest absolute Gasteiger partial charge is 0.330 e. The maximum absolute atomic E-state index is 11.0. The van der Waals surface area contributed by atoms with Gasteiger partial charge in [-0.25, -0.2) is 0 Å². The van der Waals surface area contributed by atoms with Crippen LogP contribution in [0.3, 0.4) is 0 Å². The normalized spacial score (nSPS) is 15.8. The van der Waals surface area contributed by atoms with Crippen LogP contribution in [0.1, 0.15) is 5.56 Å². The number of aromatic amines is 1. The Kier molecular flexibility index (Phi) is 4.70. The summed E-state index contributed by atoms with van der Waals surface area (Å²) in [5, 5.41) is 18.7. The van der Waals surface area contributed by atoms with Gasteiger partial charge in [-0.2, -0.15) is 5.10 Å². The SMILES string of the molecule is O=[N+]([O-])c1cn[nH]c1N1CCN(Cc2ccc(Cl)cc2Cl)CC1. The van der Waals surface area contributed by atoms with Crippen LogP contribution in [-0.4, -0.2) is 46.2 Å². The lowest BCUT2D eigenvalue weighted by atomic mass is 10.2. The van der Waals surface area contributed by atoms with E-state index in [1.807, 2.05) is 17.0 Å². The summed E-state index contributed by atoms with van der Waals surface area (Å²) in [7, 11) is 0. The van der Waals surface area contributed by atoms with Crippen LogP contribution in [0.25, 0.3) is 0 Å². The van der Waals surface area contributed by atoms with Crippen molar-refractivity contribution in [1.82, 2.24) is 15.1 Å². The first kappa shape index (κ1) is 16.0. The van der Waals surface area contributed by atoms with Gasteiger partial charge in [0.15, 0.2) is 0 Å². The van der Waals surface area contributed by atoms with E-state index in [-0.39, 0.29) is 5.69 Å². The summed E-state index contributed by atoms with van der Waals surface area (Å²) in [5.74, 6) is 0.471. The summed E-state index contributed by atoms with van der Waals surface area (Å²) in [5.41, 5.74) is 1.04. The van der Waals surface area contributed by atoms with Crippen LogP contribution >= 0.6 is 23.2 Å². The van der Waals surface area contributed by atoms with E-state index in [0.717, 1.165) is 25.2 Å². The summed E-state index contributed by atoms with van der Waals surface area (Å²) in [6, 6.07) is 5.49. The molecule has 2 aromatic rings. The minimum atomic E-state index is -0.418. The lowest BCUT2D eigenvalue weighted by Crippen LogP contribution is -2.46. The minimum Gasteiger partial charge on any atom is -0.349 e. The van der Waals surface area contributed by atoms with Crippen LogP contribution in [0.5, 0.6) is 0 Å². The number of piperazine rings is 1. The fraction of sp³-hybridized carbons (Fsp3) is 0.357. The number of halogens is 2. The molecule has 0 saturated carbocycles.